The Morgan fingerprint density at radius 3 is 2.82 bits per heavy atom. The van der Waals surface area contributed by atoms with Crippen LogP contribution >= 0.6 is 0 Å². The lowest BCUT2D eigenvalue weighted by Gasteiger charge is -2.12. The van der Waals surface area contributed by atoms with E-state index in [0.717, 1.165) is 24.9 Å². The molecule has 0 aliphatic carbocycles. The fourth-order valence-electron chi connectivity index (χ4n) is 1.26. The van der Waals surface area contributed by atoms with Gasteiger partial charge in [-0.3, -0.25) is 4.98 Å². The standard InChI is InChI=1S/C11H13FN2O2S/c1-3-5-10(4-2)14-17(15,16)11-6-9(12)7-13-8-11/h2,6-8,10,14H,3,5H2,1H3. The van der Waals surface area contributed by atoms with Gasteiger partial charge in [0.1, 0.15) is 10.7 Å². The van der Waals surface area contributed by atoms with E-state index in [9.17, 15) is 12.8 Å². The van der Waals surface area contributed by atoms with E-state index < -0.39 is 21.9 Å². The molecular weight excluding hydrogens is 243 g/mol. The molecule has 0 aromatic carbocycles. The van der Waals surface area contributed by atoms with E-state index in [-0.39, 0.29) is 4.90 Å². The lowest BCUT2D eigenvalue weighted by molar-refractivity contribution is 0.560. The predicted molar refractivity (Wildman–Crippen MR) is 62.0 cm³/mol. The first kappa shape index (κ1) is 13.6. The molecule has 1 rings (SSSR count). The van der Waals surface area contributed by atoms with E-state index in [1.165, 1.54) is 0 Å². The van der Waals surface area contributed by atoms with Crippen LogP contribution in [-0.4, -0.2) is 19.4 Å². The summed E-state index contributed by atoms with van der Waals surface area (Å²) in [6.45, 7) is 1.89. The number of aromatic nitrogens is 1. The summed E-state index contributed by atoms with van der Waals surface area (Å²) in [5.74, 6) is 1.63. The molecule has 0 amide bonds. The van der Waals surface area contributed by atoms with E-state index in [1.54, 1.807) is 0 Å². The number of terminal acetylenes is 1. The average molecular weight is 256 g/mol. The van der Waals surface area contributed by atoms with Crippen molar-refractivity contribution in [1.29, 1.82) is 0 Å². The van der Waals surface area contributed by atoms with E-state index in [2.05, 4.69) is 15.6 Å². The van der Waals surface area contributed by atoms with Crippen LogP contribution < -0.4 is 4.72 Å². The number of pyridine rings is 1. The van der Waals surface area contributed by atoms with Crippen molar-refractivity contribution in [2.45, 2.75) is 30.7 Å². The number of nitrogens with one attached hydrogen (secondary N) is 1. The van der Waals surface area contributed by atoms with Crippen molar-refractivity contribution in [3.8, 4) is 12.3 Å². The van der Waals surface area contributed by atoms with Gasteiger partial charge in [0.15, 0.2) is 0 Å². The second-order valence-corrected chi connectivity index (χ2v) is 5.18. The highest BCUT2D eigenvalue weighted by atomic mass is 32.2. The van der Waals surface area contributed by atoms with Gasteiger partial charge in [0, 0.05) is 6.20 Å². The van der Waals surface area contributed by atoms with Crippen molar-refractivity contribution in [2.75, 3.05) is 0 Å². The second kappa shape index (κ2) is 5.75. The van der Waals surface area contributed by atoms with E-state index in [4.69, 9.17) is 6.42 Å². The molecule has 0 bridgehead atoms. The second-order valence-electron chi connectivity index (χ2n) is 3.47. The van der Waals surface area contributed by atoms with Crippen molar-refractivity contribution < 1.29 is 12.8 Å². The van der Waals surface area contributed by atoms with Gasteiger partial charge in [0.2, 0.25) is 10.0 Å². The molecule has 0 radical (unpaired) electrons. The minimum Gasteiger partial charge on any atom is -0.260 e. The summed E-state index contributed by atoms with van der Waals surface area (Å²) in [7, 11) is -3.81. The first-order chi connectivity index (χ1) is 7.99. The maximum absolute atomic E-state index is 12.9. The number of hydrogen-bond donors (Lipinski definition) is 1. The monoisotopic (exact) mass is 256 g/mol. The molecule has 17 heavy (non-hydrogen) atoms. The zero-order valence-corrected chi connectivity index (χ0v) is 10.2. The molecule has 0 spiro atoms. The van der Waals surface area contributed by atoms with Gasteiger partial charge in [0.05, 0.1) is 12.2 Å². The Hall–Kier alpha value is -1.45. The Bertz CT molecular complexity index is 523. The predicted octanol–water partition coefficient (Wildman–Crippen LogP) is 1.30. The molecule has 1 aromatic rings. The van der Waals surface area contributed by atoms with Crippen LogP contribution in [0, 0.1) is 18.2 Å². The molecule has 4 nitrogen and oxygen atoms in total. The summed E-state index contributed by atoms with van der Waals surface area (Å²) in [5.41, 5.74) is 0. The van der Waals surface area contributed by atoms with Crippen molar-refractivity contribution in [1.82, 2.24) is 9.71 Å². The fourth-order valence-corrected chi connectivity index (χ4v) is 2.42. The minimum absolute atomic E-state index is 0.228. The summed E-state index contributed by atoms with van der Waals surface area (Å²) in [5, 5.41) is 0. The van der Waals surface area contributed by atoms with Gasteiger partial charge in [-0.25, -0.2) is 12.8 Å². The molecule has 0 aliphatic heterocycles. The number of halogens is 1. The van der Waals surface area contributed by atoms with Crippen LogP contribution in [0.1, 0.15) is 19.8 Å². The summed E-state index contributed by atoms with van der Waals surface area (Å²) in [6.07, 6.45) is 8.49. The van der Waals surface area contributed by atoms with Crippen LogP contribution in [0.25, 0.3) is 0 Å². The molecule has 0 saturated carbocycles. The van der Waals surface area contributed by atoms with Gasteiger partial charge < -0.3 is 0 Å². The van der Waals surface area contributed by atoms with Crippen LogP contribution in [0.3, 0.4) is 0 Å². The SMILES string of the molecule is C#CC(CCC)NS(=O)(=O)c1cncc(F)c1. The number of sulfonamides is 1. The molecule has 1 heterocycles. The van der Waals surface area contributed by atoms with Gasteiger partial charge in [-0.15, -0.1) is 6.42 Å². The first-order valence-electron chi connectivity index (χ1n) is 5.08. The van der Waals surface area contributed by atoms with Gasteiger partial charge in [-0.1, -0.05) is 19.3 Å². The molecule has 6 heteroatoms. The molecule has 1 unspecified atom stereocenters. The highest BCUT2D eigenvalue weighted by Crippen LogP contribution is 2.10. The van der Waals surface area contributed by atoms with Crippen molar-refractivity contribution in [3.63, 3.8) is 0 Å². The van der Waals surface area contributed by atoms with Gasteiger partial charge >= 0.3 is 0 Å². The Kier molecular flexibility index (Phi) is 4.61. The number of hydrogen-bond acceptors (Lipinski definition) is 3. The summed E-state index contributed by atoms with van der Waals surface area (Å²) in [4.78, 5) is 3.26. The minimum atomic E-state index is -3.81. The van der Waals surface area contributed by atoms with Crippen molar-refractivity contribution in [2.24, 2.45) is 0 Å². The zero-order valence-electron chi connectivity index (χ0n) is 9.35. The molecular formula is C11H13FN2O2S. The van der Waals surface area contributed by atoms with Crippen LogP contribution in [-0.2, 0) is 10.0 Å². The largest absolute Gasteiger partial charge is 0.260 e. The maximum Gasteiger partial charge on any atom is 0.243 e. The van der Waals surface area contributed by atoms with Gasteiger partial charge in [0.25, 0.3) is 0 Å². The molecule has 0 fully saturated rings. The van der Waals surface area contributed by atoms with Crippen LogP contribution in [0.5, 0.6) is 0 Å². The Labute approximate surface area is 100 Å². The number of rotatable bonds is 5. The number of nitrogens with zero attached hydrogens (tertiary/aromatic N) is 1. The molecule has 92 valence electrons. The van der Waals surface area contributed by atoms with Crippen LogP contribution in [0.2, 0.25) is 0 Å². The highest BCUT2D eigenvalue weighted by Gasteiger charge is 2.19. The van der Waals surface area contributed by atoms with Crippen molar-refractivity contribution >= 4 is 10.0 Å². The molecule has 0 aliphatic rings. The smallest absolute Gasteiger partial charge is 0.243 e. The average Bonchev–Trinajstić information content (AvgIpc) is 2.28. The Morgan fingerprint density at radius 1 is 1.59 bits per heavy atom. The normalized spacial score (nSPS) is 13.0. The fraction of sp³-hybridized carbons (Fsp3) is 0.364. The summed E-state index contributed by atoms with van der Waals surface area (Å²) >= 11 is 0. The molecule has 1 atom stereocenters. The third-order valence-corrected chi connectivity index (χ3v) is 3.50. The summed E-state index contributed by atoms with van der Waals surface area (Å²) < 4.78 is 38.8. The van der Waals surface area contributed by atoms with Gasteiger partial charge in [-0.2, -0.15) is 4.72 Å². The van der Waals surface area contributed by atoms with E-state index in [0.29, 0.717) is 6.42 Å². The van der Waals surface area contributed by atoms with E-state index >= 15 is 0 Å². The third-order valence-electron chi connectivity index (χ3n) is 2.07. The first-order valence-corrected chi connectivity index (χ1v) is 6.57. The van der Waals surface area contributed by atoms with Gasteiger partial charge in [-0.05, 0) is 12.5 Å². The Morgan fingerprint density at radius 2 is 2.29 bits per heavy atom. The quantitative estimate of drug-likeness (QED) is 0.808. The maximum atomic E-state index is 12.9. The molecule has 1 aromatic heterocycles. The zero-order chi connectivity index (χ0) is 12.9. The van der Waals surface area contributed by atoms with E-state index in [1.807, 2.05) is 6.92 Å². The Balaban J connectivity index is 2.93. The molecule has 0 saturated heterocycles. The lowest BCUT2D eigenvalue weighted by Crippen LogP contribution is -2.33. The van der Waals surface area contributed by atoms with Crippen LogP contribution in [0.15, 0.2) is 23.4 Å². The highest BCUT2D eigenvalue weighted by molar-refractivity contribution is 7.89. The third kappa shape index (κ3) is 3.80. The lowest BCUT2D eigenvalue weighted by atomic mass is 10.2. The van der Waals surface area contributed by atoms with Crippen molar-refractivity contribution in [3.05, 3.63) is 24.3 Å². The van der Waals surface area contributed by atoms with Crippen LogP contribution in [0.4, 0.5) is 4.39 Å². The molecule has 1 N–H and O–H groups in total. The summed E-state index contributed by atoms with van der Waals surface area (Å²) in [6, 6.07) is 0.308. The topological polar surface area (TPSA) is 59.1 Å².